The summed E-state index contributed by atoms with van der Waals surface area (Å²) in [4.78, 5) is 37.1. The Hall–Kier alpha value is -3.61. The topological polar surface area (TPSA) is 95.9 Å². The van der Waals surface area contributed by atoms with E-state index in [-0.39, 0.29) is 42.7 Å². The highest BCUT2D eigenvalue weighted by molar-refractivity contribution is 5.88. The molecule has 0 spiro atoms. The minimum absolute atomic E-state index is 0.00139. The average molecular weight is 432 g/mol. The van der Waals surface area contributed by atoms with Crippen LogP contribution in [0.3, 0.4) is 0 Å². The Balaban J connectivity index is 1.08. The predicted molar refractivity (Wildman–Crippen MR) is 117 cm³/mol. The van der Waals surface area contributed by atoms with Gasteiger partial charge in [0.1, 0.15) is 6.61 Å². The van der Waals surface area contributed by atoms with Crippen molar-refractivity contribution in [3.8, 4) is 11.1 Å². The van der Waals surface area contributed by atoms with Gasteiger partial charge in [0.05, 0.1) is 5.92 Å². The number of carboxylic acid groups (broad SMARTS) is 1. The minimum Gasteiger partial charge on any atom is -0.481 e. The summed E-state index contributed by atoms with van der Waals surface area (Å²) in [5, 5.41) is 11.7. The van der Waals surface area contributed by atoms with Gasteiger partial charge in [0.25, 0.3) is 0 Å². The molecule has 2 aliphatic carbocycles. The third-order valence-electron chi connectivity index (χ3n) is 6.76. The van der Waals surface area contributed by atoms with Crippen molar-refractivity contribution in [2.45, 2.75) is 5.92 Å². The summed E-state index contributed by atoms with van der Waals surface area (Å²) in [5.41, 5.74) is 4.65. The number of amides is 2. The highest BCUT2D eigenvalue weighted by Crippen LogP contribution is 2.51. The first kappa shape index (κ1) is 20.3. The summed E-state index contributed by atoms with van der Waals surface area (Å²) >= 11 is 0. The average Bonchev–Trinajstić information content (AvgIpc) is 3.15. The number of likely N-dealkylation sites (tertiary alicyclic amines) is 1. The number of hydrogen-bond donors (Lipinski definition) is 2. The summed E-state index contributed by atoms with van der Waals surface area (Å²) in [6, 6.07) is 16.3. The molecule has 2 atom stereocenters. The molecule has 7 heteroatoms. The molecule has 1 saturated carbocycles. The van der Waals surface area contributed by atoms with Crippen molar-refractivity contribution >= 4 is 18.0 Å². The van der Waals surface area contributed by atoms with Crippen molar-refractivity contribution in [2.75, 3.05) is 26.2 Å². The number of aliphatic carboxylic acids is 1. The van der Waals surface area contributed by atoms with Crippen LogP contribution >= 0.6 is 0 Å². The van der Waals surface area contributed by atoms with Gasteiger partial charge in [0.15, 0.2) is 0 Å². The van der Waals surface area contributed by atoms with Crippen molar-refractivity contribution in [2.24, 2.45) is 17.8 Å². The Morgan fingerprint density at radius 3 is 2.19 bits per heavy atom. The highest BCUT2D eigenvalue weighted by Gasteiger charge is 2.60. The van der Waals surface area contributed by atoms with E-state index in [0.717, 1.165) is 11.1 Å². The molecule has 0 radical (unpaired) electrons. The fraction of sp³-hybridized carbons (Fsp3) is 0.320. The van der Waals surface area contributed by atoms with Gasteiger partial charge in [-0.2, -0.15) is 0 Å². The fourth-order valence-corrected chi connectivity index (χ4v) is 5.13. The van der Waals surface area contributed by atoms with Crippen LogP contribution in [0.2, 0.25) is 0 Å². The van der Waals surface area contributed by atoms with Gasteiger partial charge >= 0.3 is 12.1 Å². The zero-order chi connectivity index (χ0) is 22.2. The third-order valence-corrected chi connectivity index (χ3v) is 6.76. The number of nitrogens with one attached hydrogen (secondary N) is 1. The molecule has 7 nitrogen and oxygen atoms in total. The summed E-state index contributed by atoms with van der Waals surface area (Å²) in [5.74, 6) is -1.04. The number of rotatable bonds is 6. The molecule has 2 amide bonds. The third kappa shape index (κ3) is 3.64. The van der Waals surface area contributed by atoms with Crippen LogP contribution in [-0.2, 0) is 14.3 Å². The SMILES string of the molecule is O=C(NC/C=C/C(=O)N1CC2C(C1)C2C(=O)O)OCC1c2ccccc2-c2ccccc21. The van der Waals surface area contributed by atoms with Crippen LogP contribution in [0, 0.1) is 17.8 Å². The van der Waals surface area contributed by atoms with Gasteiger partial charge in [-0.05, 0) is 34.1 Å². The maximum atomic E-state index is 12.2. The van der Waals surface area contributed by atoms with Crippen LogP contribution in [0.5, 0.6) is 0 Å². The molecule has 5 rings (SSSR count). The molecule has 2 aromatic carbocycles. The van der Waals surface area contributed by atoms with Crippen LogP contribution in [0.15, 0.2) is 60.7 Å². The molecule has 1 aliphatic heterocycles. The predicted octanol–water partition coefficient (Wildman–Crippen LogP) is 2.87. The maximum Gasteiger partial charge on any atom is 0.407 e. The molecule has 1 heterocycles. The number of carbonyl (C=O) groups excluding carboxylic acids is 2. The second kappa shape index (κ2) is 8.15. The maximum absolute atomic E-state index is 12.2. The molecule has 0 aromatic heterocycles. The van der Waals surface area contributed by atoms with Gasteiger partial charge in [-0.15, -0.1) is 0 Å². The van der Waals surface area contributed by atoms with Crippen molar-refractivity contribution in [3.05, 3.63) is 71.8 Å². The molecular formula is C25H24N2O5. The first-order valence-electron chi connectivity index (χ1n) is 10.8. The smallest absolute Gasteiger partial charge is 0.407 e. The van der Waals surface area contributed by atoms with Crippen molar-refractivity contribution < 1.29 is 24.2 Å². The van der Waals surface area contributed by atoms with E-state index in [1.54, 1.807) is 11.0 Å². The van der Waals surface area contributed by atoms with E-state index < -0.39 is 12.1 Å². The number of hydrogen-bond acceptors (Lipinski definition) is 4. The first-order chi connectivity index (χ1) is 15.5. The molecular weight excluding hydrogens is 408 g/mol. The normalized spacial score (nSPS) is 22.9. The molecule has 2 fully saturated rings. The summed E-state index contributed by atoms with van der Waals surface area (Å²) in [7, 11) is 0. The van der Waals surface area contributed by atoms with Crippen LogP contribution in [0.1, 0.15) is 17.0 Å². The largest absolute Gasteiger partial charge is 0.481 e. The summed E-state index contributed by atoms with van der Waals surface area (Å²) in [6.45, 7) is 1.40. The quantitative estimate of drug-likeness (QED) is 0.685. The zero-order valence-electron chi connectivity index (χ0n) is 17.4. The van der Waals surface area contributed by atoms with Gasteiger partial charge in [-0.3, -0.25) is 9.59 Å². The van der Waals surface area contributed by atoms with Crippen LogP contribution in [0.4, 0.5) is 4.79 Å². The number of carbonyl (C=O) groups is 3. The van der Waals surface area contributed by atoms with Crippen LogP contribution < -0.4 is 5.32 Å². The first-order valence-corrected chi connectivity index (χ1v) is 10.8. The lowest BCUT2D eigenvalue weighted by Gasteiger charge is -2.17. The van der Waals surface area contributed by atoms with Crippen LogP contribution in [-0.4, -0.2) is 54.2 Å². The van der Waals surface area contributed by atoms with Crippen LogP contribution in [0.25, 0.3) is 11.1 Å². The molecule has 2 unspecified atom stereocenters. The van der Waals surface area contributed by atoms with Gasteiger partial charge in [0.2, 0.25) is 5.91 Å². The van der Waals surface area contributed by atoms with E-state index in [0.29, 0.717) is 13.1 Å². The number of nitrogens with zero attached hydrogens (tertiary/aromatic N) is 1. The van der Waals surface area contributed by atoms with Gasteiger partial charge < -0.3 is 20.1 Å². The van der Waals surface area contributed by atoms with Gasteiger partial charge in [0, 0.05) is 31.6 Å². The van der Waals surface area contributed by atoms with E-state index >= 15 is 0 Å². The lowest BCUT2D eigenvalue weighted by atomic mass is 9.98. The number of benzene rings is 2. The zero-order valence-corrected chi connectivity index (χ0v) is 17.4. The Morgan fingerprint density at radius 2 is 1.59 bits per heavy atom. The summed E-state index contributed by atoms with van der Waals surface area (Å²) < 4.78 is 5.47. The standard InChI is InChI=1S/C25H24N2O5/c28-22(27-12-19-20(13-27)23(19)24(29)30)10-5-11-26-25(31)32-14-21-17-8-3-1-6-15(17)16-7-2-4-9-18(16)21/h1-10,19-21,23H,11-14H2,(H,26,31)(H,29,30)/b10-5+. The van der Waals surface area contributed by atoms with Crippen molar-refractivity contribution in [1.29, 1.82) is 0 Å². The molecule has 32 heavy (non-hydrogen) atoms. The molecule has 2 N–H and O–H groups in total. The van der Waals surface area contributed by atoms with Crippen molar-refractivity contribution in [3.63, 3.8) is 0 Å². The van der Waals surface area contributed by atoms with Crippen molar-refractivity contribution in [1.82, 2.24) is 10.2 Å². The molecule has 2 aromatic rings. The molecule has 0 bridgehead atoms. The second-order valence-electron chi connectivity index (χ2n) is 8.54. The number of fused-ring (bicyclic) bond motifs is 4. The second-order valence-corrected chi connectivity index (χ2v) is 8.54. The fourth-order valence-electron chi connectivity index (χ4n) is 5.13. The molecule has 1 saturated heterocycles. The van der Waals surface area contributed by atoms with E-state index in [9.17, 15) is 14.4 Å². The monoisotopic (exact) mass is 432 g/mol. The van der Waals surface area contributed by atoms with E-state index in [2.05, 4.69) is 29.6 Å². The van der Waals surface area contributed by atoms with E-state index in [4.69, 9.17) is 9.84 Å². The Morgan fingerprint density at radius 1 is 1.00 bits per heavy atom. The number of alkyl carbamates (subject to hydrolysis) is 1. The summed E-state index contributed by atoms with van der Waals surface area (Å²) in [6.07, 6.45) is 2.47. The Bertz CT molecular complexity index is 1050. The van der Waals surface area contributed by atoms with Gasteiger partial charge in [-0.1, -0.05) is 54.6 Å². The molecule has 164 valence electrons. The number of piperidine rings is 1. The number of ether oxygens (including phenoxy) is 1. The van der Waals surface area contributed by atoms with E-state index in [1.807, 2.05) is 24.3 Å². The lowest BCUT2D eigenvalue weighted by Crippen LogP contribution is -2.31. The molecule has 3 aliphatic rings. The van der Waals surface area contributed by atoms with Gasteiger partial charge in [-0.25, -0.2) is 4.79 Å². The highest BCUT2D eigenvalue weighted by atomic mass is 16.5. The Kier molecular flexibility index (Phi) is 5.17. The Labute approximate surface area is 185 Å². The minimum atomic E-state index is -0.769. The van der Waals surface area contributed by atoms with E-state index in [1.165, 1.54) is 17.2 Å². The lowest BCUT2D eigenvalue weighted by molar-refractivity contribution is -0.140. The number of carboxylic acids is 1.